The van der Waals surface area contributed by atoms with Gasteiger partial charge in [0.25, 0.3) is 5.91 Å². The van der Waals surface area contributed by atoms with Crippen LogP contribution in [0.3, 0.4) is 0 Å². The molecule has 2 heterocycles. The summed E-state index contributed by atoms with van der Waals surface area (Å²) in [5, 5.41) is 0. The molecular formula is C15H19N3O3S3. The van der Waals surface area contributed by atoms with Gasteiger partial charge in [-0.1, -0.05) is 37.7 Å². The molecule has 1 unspecified atom stereocenters. The van der Waals surface area contributed by atoms with Crippen LogP contribution >= 0.6 is 23.1 Å². The van der Waals surface area contributed by atoms with Crippen molar-refractivity contribution in [3.8, 4) is 0 Å². The highest BCUT2D eigenvalue weighted by molar-refractivity contribution is 8.01. The largest absolute Gasteiger partial charge is 0.307 e. The smallest absolute Gasteiger partial charge is 0.272 e. The molecule has 0 N–H and O–H groups in total. The normalized spacial score (nSPS) is 21.2. The molecule has 9 heteroatoms. The SMILES string of the molecule is CC(C)CC1C(=O)N(CSc2nc3ccccc3s2)S(=O)(=O)N1C. The van der Waals surface area contributed by atoms with Crippen molar-refractivity contribution in [2.45, 2.75) is 30.6 Å². The minimum absolute atomic E-state index is 0.0555. The van der Waals surface area contributed by atoms with E-state index >= 15 is 0 Å². The second-order valence-electron chi connectivity index (χ2n) is 6.08. The maximum absolute atomic E-state index is 12.5. The fourth-order valence-electron chi connectivity index (χ4n) is 2.60. The molecule has 1 aromatic carbocycles. The van der Waals surface area contributed by atoms with Crippen molar-refractivity contribution in [3.63, 3.8) is 0 Å². The Balaban J connectivity index is 1.77. The third-order valence-electron chi connectivity index (χ3n) is 3.89. The Labute approximate surface area is 150 Å². The van der Waals surface area contributed by atoms with Crippen LogP contribution in [-0.4, -0.2) is 46.9 Å². The molecule has 130 valence electrons. The summed E-state index contributed by atoms with van der Waals surface area (Å²) in [7, 11) is -2.26. The summed E-state index contributed by atoms with van der Waals surface area (Å²) in [4.78, 5) is 17.0. The predicted octanol–water partition coefficient (Wildman–Crippen LogP) is 2.78. The minimum atomic E-state index is -3.74. The first-order valence-corrected chi connectivity index (χ1v) is 10.8. The maximum atomic E-state index is 12.5. The van der Waals surface area contributed by atoms with Crippen molar-refractivity contribution < 1.29 is 13.2 Å². The van der Waals surface area contributed by atoms with Crippen LogP contribution in [0.5, 0.6) is 0 Å². The number of hydrogen-bond acceptors (Lipinski definition) is 6. The molecule has 1 amide bonds. The summed E-state index contributed by atoms with van der Waals surface area (Å²) >= 11 is 2.78. The number of aromatic nitrogens is 1. The topological polar surface area (TPSA) is 70.6 Å². The van der Waals surface area contributed by atoms with E-state index in [0.717, 1.165) is 18.9 Å². The van der Waals surface area contributed by atoms with Crippen LogP contribution in [0, 0.1) is 5.92 Å². The molecule has 2 aromatic rings. The summed E-state index contributed by atoms with van der Waals surface area (Å²) in [5.41, 5.74) is 0.885. The number of para-hydroxylation sites is 1. The molecule has 1 aromatic heterocycles. The number of amides is 1. The first kappa shape index (κ1) is 17.7. The van der Waals surface area contributed by atoms with E-state index in [2.05, 4.69) is 4.98 Å². The van der Waals surface area contributed by atoms with Gasteiger partial charge in [0.15, 0.2) is 4.34 Å². The van der Waals surface area contributed by atoms with E-state index in [1.807, 2.05) is 38.1 Å². The standard InChI is InChI=1S/C15H19N3O3S3/c1-10(2)8-12-14(19)18(24(20,21)17(12)3)9-22-15-16-11-6-4-5-7-13(11)23-15/h4-7,10,12H,8-9H2,1-3H3. The lowest BCUT2D eigenvalue weighted by molar-refractivity contribution is -0.127. The molecule has 0 aliphatic carbocycles. The monoisotopic (exact) mass is 385 g/mol. The van der Waals surface area contributed by atoms with Gasteiger partial charge in [0, 0.05) is 7.05 Å². The molecule has 3 rings (SSSR count). The molecule has 1 aliphatic heterocycles. The van der Waals surface area contributed by atoms with Crippen molar-refractivity contribution in [2.75, 3.05) is 12.9 Å². The highest BCUT2D eigenvalue weighted by Crippen LogP contribution is 2.33. The molecule has 24 heavy (non-hydrogen) atoms. The summed E-state index contributed by atoms with van der Waals surface area (Å²) < 4.78 is 28.9. The molecule has 1 saturated heterocycles. The fourth-order valence-corrected chi connectivity index (χ4v) is 6.33. The van der Waals surface area contributed by atoms with Crippen LogP contribution in [0.25, 0.3) is 10.2 Å². The average molecular weight is 386 g/mol. The molecule has 0 radical (unpaired) electrons. The van der Waals surface area contributed by atoms with Crippen LogP contribution in [-0.2, 0) is 15.0 Å². The van der Waals surface area contributed by atoms with Gasteiger partial charge in [-0.05, 0) is 24.5 Å². The Hall–Kier alpha value is -1.16. The van der Waals surface area contributed by atoms with Crippen molar-refractivity contribution in [1.29, 1.82) is 0 Å². The van der Waals surface area contributed by atoms with Gasteiger partial charge in [-0.3, -0.25) is 4.79 Å². The molecule has 0 bridgehead atoms. The van der Waals surface area contributed by atoms with Crippen molar-refractivity contribution >= 4 is 49.4 Å². The average Bonchev–Trinajstić information content (AvgIpc) is 2.99. The van der Waals surface area contributed by atoms with Gasteiger partial charge >= 0.3 is 10.2 Å². The number of fused-ring (bicyclic) bond motifs is 1. The van der Waals surface area contributed by atoms with Gasteiger partial charge < -0.3 is 0 Å². The lowest BCUT2D eigenvalue weighted by Gasteiger charge is -2.16. The Morgan fingerprint density at radius 2 is 2.04 bits per heavy atom. The van der Waals surface area contributed by atoms with Crippen molar-refractivity contribution in [3.05, 3.63) is 24.3 Å². The van der Waals surface area contributed by atoms with E-state index in [9.17, 15) is 13.2 Å². The molecule has 1 aliphatic rings. The van der Waals surface area contributed by atoms with Crippen LogP contribution in [0.15, 0.2) is 28.6 Å². The van der Waals surface area contributed by atoms with E-state index in [1.165, 1.54) is 34.5 Å². The molecule has 6 nitrogen and oxygen atoms in total. The van der Waals surface area contributed by atoms with E-state index < -0.39 is 16.3 Å². The van der Waals surface area contributed by atoms with Crippen molar-refractivity contribution in [1.82, 2.24) is 13.6 Å². The van der Waals surface area contributed by atoms with Crippen LogP contribution in [0.4, 0.5) is 0 Å². The zero-order valence-corrected chi connectivity index (χ0v) is 16.1. The number of thioether (sulfide) groups is 1. The zero-order chi connectivity index (χ0) is 17.5. The van der Waals surface area contributed by atoms with Gasteiger partial charge in [-0.2, -0.15) is 12.7 Å². The zero-order valence-electron chi connectivity index (χ0n) is 13.7. The van der Waals surface area contributed by atoms with Gasteiger partial charge in [-0.25, -0.2) is 9.29 Å². The molecule has 1 fully saturated rings. The van der Waals surface area contributed by atoms with Crippen LogP contribution in [0.2, 0.25) is 0 Å². The number of likely N-dealkylation sites (N-methyl/N-ethyl adjacent to an activating group) is 1. The third kappa shape index (κ3) is 3.17. The van der Waals surface area contributed by atoms with E-state index in [0.29, 0.717) is 6.42 Å². The Morgan fingerprint density at radius 3 is 2.71 bits per heavy atom. The number of nitrogens with zero attached hydrogens (tertiary/aromatic N) is 3. The quantitative estimate of drug-likeness (QED) is 0.740. The Bertz CT molecular complexity index is 830. The highest BCUT2D eigenvalue weighted by Gasteiger charge is 2.48. The summed E-state index contributed by atoms with van der Waals surface area (Å²) in [5.74, 6) is -0.0480. The highest BCUT2D eigenvalue weighted by atomic mass is 32.2. The number of rotatable bonds is 5. The summed E-state index contributed by atoms with van der Waals surface area (Å²) in [6.45, 7) is 3.96. The fraction of sp³-hybridized carbons (Fsp3) is 0.467. The van der Waals surface area contributed by atoms with Crippen LogP contribution in [0.1, 0.15) is 20.3 Å². The number of carbonyl (C=O) groups excluding carboxylic acids is 1. The van der Waals surface area contributed by atoms with Gasteiger partial charge in [0.05, 0.1) is 16.1 Å². The van der Waals surface area contributed by atoms with Gasteiger partial charge in [0.1, 0.15) is 6.04 Å². The third-order valence-corrected chi connectivity index (χ3v) is 8.06. The first-order chi connectivity index (χ1) is 11.3. The Kier molecular flexibility index (Phi) is 4.87. The second-order valence-corrected chi connectivity index (χ2v) is 10.2. The lowest BCUT2D eigenvalue weighted by atomic mass is 10.0. The minimum Gasteiger partial charge on any atom is -0.272 e. The van der Waals surface area contributed by atoms with Crippen LogP contribution < -0.4 is 0 Å². The molecule has 0 spiro atoms. The summed E-state index contributed by atoms with van der Waals surface area (Å²) in [6.07, 6.45) is 0.525. The molecule has 1 atom stereocenters. The van der Waals surface area contributed by atoms with Gasteiger partial charge in [-0.15, -0.1) is 11.3 Å². The molecular weight excluding hydrogens is 366 g/mol. The number of thiazole rings is 1. The van der Waals surface area contributed by atoms with Crippen molar-refractivity contribution in [2.24, 2.45) is 5.92 Å². The Morgan fingerprint density at radius 1 is 1.33 bits per heavy atom. The maximum Gasteiger partial charge on any atom is 0.307 e. The lowest BCUT2D eigenvalue weighted by Crippen LogP contribution is -2.32. The molecule has 0 saturated carbocycles. The number of carbonyl (C=O) groups is 1. The van der Waals surface area contributed by atoms with E-state index in [-0.39, 0.29) is 17.7 Å². The second kappa shape index (κ2) is 6.62. The number of benzene rings is 1. The van der Waals surface area contributed by atoms with Gasteiger partial charge in [0.2, 0.25) is 0 Å². The van der Waals surface area contributed by atoms with E-state index in [4.69, 9.17) is 0 Å². The summed E-state index contributed by atoms with van der Waals surface area (Å²) in [6, 6.07) is 7.14. The number of hydrogen-bond donors (Lipinski definition) is 0. The predicted molar refractivity (Wildman–Crippen MR) is 97.1 cm³/mol. The van der Waals surface area contributed by atoms with E-state index in [1.54, 1.807) is 0 Å². The first-order valence-electron chi connectivity index (χ1n) is 7.58.